The van der Waals surface area contributed by atoms with Gasteiger partial charge in [0.25, 0.3) is 5.91 Å². The summed E-state index contributed by atoms with van der Waals surface area (Å²) in [6.45, 7) is 3.42. The molecule has 2 aromatic rings. The van der Waals surface area contributed by atoms with Crippen molar-refractivity contribution in [3.8, 4) is 0 Å². The van der Waals surface area contributed by atoms with Gasteiger partial charge in [-0.1, -0.05) is 62.4 Å². The van der Waals surface area contributed by atoms with Crippen LogP contribution in [0.3, 0.4) is 0 Å². The Morgan fingerprint density at radius 1 is 0.957 bits per heavy atom. The highest BCUT2D eigenvalue weighted by Crippen LogP contribution is 2.13. The standard InChI is InChI=1S/C19H21NO3/c1-14(2)19(22)23-20-18(21)17-11-7-6-10-16(17)13-12-15-8-4-3-5-9-15/h3-11,14H,12-13H2,1-2H3,(H,20,21). The Morgan fingerprint density at radius 2 is 1.61 bits per heavy atom. The number of hydrogen-bond donors (Lipinski definition) is 1. The zero-order chi connectivity index (χ0) is 16.7. The first-order chi connectivity index (χ1) is 11.1. The number of aryl methyl sites for hydroxylation is 2. The Morgan fingerprint density at radius 3 is 2.30 bits per heavy atom. The van der Waals surface area contributed by atoms with Crippen molar-refractivity contribution in [2.75, 3.05) is 0 Å². The molecule has 2 rings (SSSR count). The lowest BCUT2D eigenvalue weighted by Gasteiger charge is -2.11. The van der Waals surface area contributed by atoms with Crippen molar-refractivity contribution in [2.45, 2.75) is 26.7 Å². The van der Waals surface area contributed by atoms with Crippen molar-refractivity contribution in [1.29, 1.82) is 0 Å². The van der Waals surface area contributed by atoms with Crippen molar-refractivity contribution >= 4 is 11.9 Å². The van der Waals surface area contributed by atoms with E-state index in [0.717, 1.165) is 18.4 Å². The minimum Gasteiger partial charge on any atom is -0.340 e. The molecule has 0 heterocycles. The second-order valence-electron chi connectivity index (χ2n) is 5.65. The van der Waals surface area contributed by atoms with E-state index in [9.17, 15) is 9.59 Å². The Balaban J connectivity index is 2.02. The molecule has 0 aromatic heterocycles. The van der Waals surface area contributed by atoms with E-state index in [2.05, 4.69) is 17.6 Å². The molecule has 23 heavy (non-hydrogen) atoms. The van der Waals surface area contributed by atoms with E-state index in [0.29, 0.717) is 5.56 Å². The van der Waals surface area contributed by atoms with Gasteiger partial charge in [-0.2, -0.15) is 5.48 Å². The van der Waals surface area contributed by atoms with Crippen molar-refractivity contribution in [1.82, 2.24) is 5.48 Å². The number of hydrogen-bond acceptors (Lipinski definition) is 3. The quantitative estimate of drug-likeness (QED) is 0.862. The minimum absolute atomic E-state index is 0.288. The zero-order valence-electron chi connectivity index (χ0n) is 13.4. The normalized spacial score (nSPS) is 10.4. The van der Waals surface area contributed by atoms with E-state index in [4.69, 9.17) is 4.84 Å². The van der Waals surface area contributed by atoms with Gasteiger partial charge in [-0.25, -0.2) is 4.79 Å². The molecule has 0 aliphatic carbocycles. The third-order valence-corrected chi connectivity index (χ3v) is 3.50. The largest absolute Gasteiger partial charge is 0.340 e. The van der Waals surface area contributed by atoms with E-state index in [1.807, 2.05) is 30.3 Å². The summed E-state index contributed by atoms with van der Waals surface area (Å²) in [5, 5.41) is 0. The summed E-state index contributed by atoms with van der Waals surface area (Å²) in [6, 6.07) is 17.5. The van der Waals surface area contributed by atoms with Gasteiger partial charge in [0.1, 0.15) is 0 Å². The van der Waals surface area contributed by atoms with E-state index in [1.165, 1.54) is 5.56 Å². The third kappa shape index (κ3) is 4.95. The maximum absolute atomic E-state index is 12.2. The lowest BCUT2D eigenvalue weighted by molar-refractivity contribution is -0.152. The van der Waals surface area contributed by atoms with E-state index in [-0.39, 0.29) is 5.92 Å². The minimum atomic E-state index is -0.458. The van der Waals surface area contributed by atoms with E-state index >= 15 is 0 Å². The number of carbonyl (C=O) groups is 2. The van der Waals surface area contributed by atoms with E-state index in [1.54, 1.807) is 26.0 Å². The van der Waals surface area contributed by atoms with Crippen LogP contribution in [0.15, 0.2) is 54.6 Å². The molecule has 1 N–H and O–H groups in total. The molecule has 0 aliphatic heterocycles. The Kier molecular flexibility index (Phi) is 5.92. The maximum atomic E-state index is 12.2. The van der Waals surface area contributed by atoms with Crippen molar-refractivity contribution < 1.29 is 14.4 Å². The summed E-state index contributed by atoms with van der Waals surface area (Å²) in [5.41, 5.74) is 4.90. The summed E-state index contributed by atoms with van der Waals surface area (Å²) in [4.78, 5) is 28.5. The summed E-state index contributed by atoms with van der Waals surface area (Å²) in [7, 11) is 0. The first-order valence-electron chi connectivity index (χ1n) is 7.71. The predicted octanol–water partition coefficient (Wildman–Crippen LogP) is 3.32. The van der Waals surface area contributed by atoms with Crippen LogP contribution in [0.5, 0.6) is 0 Å². The van der Waals surface area contributed by atoms with Crippen LogP contribution in [0.2, 0.25) is 0 Å². The SMILES string of the molecule is CC(C)C(=O)ONC(=O)c1ccccc1CCc1ccccc1. The van der Waals surface area contributed by atoms with Crippen molar-refractivity contribution in [3.63, 3.8) is 0 Å². The van der Waals surface area contributed by atoms with Crippen LogP contribution in [0.4, 0.5) is 0 Å². The van der Waals surface area contributed by atoms with Gasteiger partial charge in [0.15, 0.2) is 0 Å². The molecule has 1 amide bonds. The molecule has 0 bridgehead atoms. The Hall–Kier alpha value is -2.62. The Labute approximate surface area is 136 Å². The van der Waals surface area contributed by atoms with Gasteiger partial charge in [-0.3, -0.25) is 4.79 Å². The second kappa shape index (κ2) is 8.13. The summed E-state index contributed by atoms with van der Waals surface area (Å²) < 4.78 is 0. The molecule has 4 heteroatoms. The van der Waals surface area contributed by atoms with Crippen LogP contribution in [-0.4, -0.2) is 11.9 Å². The molecule has 0 radical (unpaired) electrons. The fourth-order valence-corrected chi connectivity index (χ4v) is 2.15. The molecule has 2 aromatic carbocycles. The number of benzene rings is 2. The van der Waals surface area contributed by atoms with Crippen LogP contribution in [-0.2, 0) is 22.5 Å². The van der Waals surface area contributed by atoms with Gasteiger partial charge in [0, 0.05) is 5.56 Å². The van der Waals surface area contributed by atoms with Crippen LogP contribution in [0.1, 0.15) is 35.3 Å². The summed E-state index contributed by atoms with van der Waals surface area (Å²) >= 11 is 0. The van der Waals surface area contributed by atoms with Gasteiger partial charge in [-0.15, -0.1) is 0 Å². The highest BCUT2D eigenvalue weighted by atomic mass is 16.7. The monoisotopic (exact) mass is 311 g/mol. The lowest BCUT2D eigenvalue weighted by atomic mass is 9.99. The van der Waals surface area contributed by atoms with E-state index < -0.39 is 11.9 Å². The summed E-state index contributed by atoms with van der Waals surface area (Å²) in [6.07, 6.45) is 1.59. The first-order valence-corrected chi connectivity index (χ1v) is 7.71. The lowest BCUT2D eigenvalue weighted by Crippen LogP contribution is -2.29. The number of rotatable bonds is 5. The third-order valence-electron chi connectivity index (χ3n) is 3.50. The number of hydroxylamine groups is 1. The summed E-state index contributed by atoms with van der Waals surface area (Å²) in [5.74, 6) is -1.15. The van der Waals surface area contributed by atoms with Crippen LogP contribution >= 0.6 is 0 Å². The fraction of sp³-hybridized carbons (Fsp3) is 0.263. The molecule has 0 saturated heterocycles. The predicted molar refractivity (Wildman–Crippen MR) is 88.7 cm³/mol. The number of amides is 1. The topological polar surface area (TPSA) is 55.4 Å². The molecule has 4 nitrogen and oxygen atoms in total. The number of carbonyl (C=O) groups excluding carboxylic acids is 2. The first kappa shape index (κ1) is 16.7. The smallest absolute Gasteiger partial charge is 0.334 e. The zero-order valence-corrected chi connectivity index (χ0v) is 13.4. The maximum Gasteiger partial charge on any atom is 0.334 e. The highest BCUT2D eigenvalue weighted by Gasteiger charge is 2.14. The second-order valence-corrected chi connectivity index (χ2v) is 5.65. The fourth-order valence-electron chi connectivity index (χ4n) is 2.15. The van der Waals surface area contributed by atoms with Crippen LogP contribution in [0.25, 0.3) is 0 Å². The molecule has 0 spiro atoms. The van der Waals surface area contributed by atoms with Crippen LogP contribution < -0.4 is 5.48 Å². The molecule has 0 aliphatic rings. The average molecular weight is 311 g/mol. The molecular weight excluding hydrogens is 290 g/mol. The Bertz CT molecular complexity index is 665. The van der Waals surface area contributed by atoms with Crippen LogP contribution in [0, 0.1) is 5.92 Å². The average Bonchev–Trinajstić information content (AvgIpc) is 2.58. The van der Waals surface area contributed by atoms with Crippen molar-refractivity contribution in [2.24, 2.45) is 5.92 Å². The van der Waals surface area contributed by atoms with Gasteiger partial charge in [-0.05, 0) is 30.0 Å². The van der Waals surface area contributed by atoms with Crippen molar-refractivity contribution in [3.05, 3.63) is 71.3 Å². The molecule has 0 unspecified atom stereocenters. The van der Waals surface area contributed by atoms with Gasteiger partial charge in [0.2, 0.25) is 0 Å². The van der Waals surface area contributed by atoms with Gasteiger partial charge < -0.3 is 4.84 Å². The molecule has 0 saturated carbocycles. The molecular formula is C19H21NO3. The molecule has 0 fully saturated rings. The highest BCUT2D eigenvalue weighted by molar-refractivity contribution is 5.95. The molecule has 0 atom stereocenters. The van der Waals surface area contributed by atoms with Gasteiger partial charge >= 0.3 is 5.97 Å². The van der Waals surface area contributed by atoms with Gasteiger partial charge in [0.05, 0.1) is 5.92 Å². The molecule has 120 valence electrons. The number of nitrogens with one attached hydrogen (secondary N) is 1.